The zero-order valence-electron chi connectivity index (χ0n) is 8.01. The molecule has 14 heavy (non-hydrogen) atoms. The molecule has 3 N–H and O–H groups in total. The molecule has 4 unspecified atom stereocenters. The first-order valence-electron chi connectivity index (χ1n) is 4.81. The van der Waals surface area contributed by atoms with Crippen molar-refractivity contribution in [3.8, 4) is 0 Å². The van der Waals surface area contributed by atoms with Gasteiger partial charge in [0.05, 0.1) is 17.9 Å². The molecular weight excluding hydrogens is 184 g/mol. The average Bonchev–Trinajstić information content (AvgIpc) is 2.86. The molecule has 2 aliphatic rings. The van der Waals surface area contributed by atoms with Gasteiger partial charge in [0.2, 0.25) is 11.8 Å². The molecule has 5 nitrogen and oxygen atoms in total. The zero-order valence-corrected chi connectivity index (χ0v) is 8.01. The van der Waals surface area contributed by atoms with Crippen LogP contribution in [0.4, 0.5) is 0 Å². The van der Waals surface area contributed by atoms with Gasteiger partial charge in [-0.25, -0.2) is 0 Å². The maximum atomic E-state index is 11.5. The van der Waals surface area contributed by atoms with Crippen molar-refractivity contribution in [2.24, 2.45) is 17.6 Å². The number of carbonyl (C=O) groups is 2. The number of rotatable bonds is 3. The van der Waals surface area contributed by atoms with Crippen LogP contribution in [0, 0.1) is 11.8 Å². The van der Waals surface area contributed by atoms with E-state index in [2.05, 4.69) is 0 Å². The van der Waals surface area contributed by atoms with Crippen molar-refractivity contribution in [1.29, 1.82) is 0 Å². The predicted molar refractivity (Wildman–Crippen MR) is 48.0 cm³/mol. The van der Waals surface area contributed by atoms with Crippen LogP contribution in [0.25, 0.3) is 0 Å². The van der Waals surface area contributed by atoms with Crippen molar-refractivity contribution >= 4 is 11.8 Å². The van der Waals surface area contributed by atoms with Crippen molar-refractivity contribution in [3.05, 3.63) is 0 Å². The summed E-state index contributed by atoms with van der Waals surface area (Å²) in [5.41, 5.74) is 5.58. The van der Waals surface area contributed by atoms with Crippen LogP contribution in [0.3, 0.4) is 0 Å². The Morgan fingerprint density at radius 2 is 2.00 bits per heavy atom. The molecule has 1 aliphatic heterocycles. The standard InChI is InChI=1S/C9H14N2O3/c1-4(12)7(10)3-11-8(13)5-2-6(5)9(11)14/h4-7,12H,2-3,10H2,1H3. The number of fused-ring (bicyclic) bond motifs is 1. The van der Waals surface area contributed by atoms with Gasteiger partial charge in [-0.05, 0) is 13.3 Å². The Bertz CT molecular complexity index is 270. The molecule has 4 atom stereocenters. The Kier molecular flexibility index (Phi) is 2.08. The average molecular weight is 198 g/mol. The fraction of sp³-hybridized carbons (Fsp3) is 0.778. The number of piperidine rings is 1. The van der Waals surface area contributed by atoms with Gasteiger partial charge in [-0.2, -0.15) is 0 Å². The number of hydrogen-bond donors (Lipinski definition) is 2. The Hall–Kier alpha value is -0.940. The minimum atomic E-state index is -0.701. The number of amides is 2. The quantitative estimate of drug-likeness (QED) is 0.552. The molecule has 0 spiro atoms. The summed E-state index contributed by atoms with van der Waals surface area (Å²) in [5, 5.41) is 9.16. The molecule has 1 aliphatic carbocycles. The summed E-state index contributed by atoms with van der Waals surface area (Å²) in [7, 11) is 0. The second kappa shape index (κ2) is 3.03. The molecular formula is C9H14N2O3. The molecule has 5 heteroatoms. The lowest BCUT2D eigenvalue weighted by molar-refractivity contribution is -0.141. The third-order valence-electron chi connectivity index (χ3n) is 2.97. The summed E-state index contributed by atoms with van der Waals surface area (Å²) < 4.78 is 0. The van der Waals surface area contributed by atoms with Crippen molar-refractivity contribution in [2.45, 2.75) is 25.5 Å². The van der Waals surface area contributed by atoms with E-state index in [0.29, 0.717) is 6.42 Å². The van der Waals surface area contributed by atoms with E-state index in [1.807, 2.05) is 0 Å². The molecule has 0 aromatic carbocycles. The van der Waals surface area contributed by atoms with E-state index < -0.39 is 12.1 Å². The lowest BCUT2D eigenvalue weighted by Crippen LogP contribution is -2.47. The first-order valence-corrected chi connectivity index (χ1v) is 4.81. The Labute approximate surface area is 81.9 Å². The summed E-state index contributed by atoms with van der Waals surface area (Å²) in [5.74, 6) is -0.389. The highest BCUT2D eigenvalue weighted by atomic mass is 16.3. The van der Waals surface area contributed by atoms with Gasteiger partial charge in [0, 0.05) is 12.6 Å². The molecule has 0 aromatic heterocycles. The molecule has 1 heterocycles. The molecule has 0 radical (unpaired) electrons. The molecule has 1 saturated heterocycles. The van der Waals surface area contributed by atoms with Crippen LogP contribution in [0.15, 0.2) is 0 Å². The highest BCUT2D eigenvalue weighted by Crippen LogP contribution is 2.46. The number of nitrogens with two attached hydrogens (primary N) is 1. The first-order chi connectivity index (χ1) is 6.52. The molecule has 2 amide bonds. The second-order valence-corrected chi connectivity index (χ2v) is 4.14. The van der Waals surface area contributed by atoms with Crippen molar-refractivity contribution in [3.63, 3.8) is 0 Å². The van der Waals surface area contributed by atoms with Gasteiger partial charge in [-0.3, -0.25) is 14.5 Å². The topological polar surface area (TPSA) is 83.6 Å². The van der Waals surface area contributed by atoms with Gasteiger partial charge in [0.15, 0.2) is 0 Å². The molecule has 1 saturated carbocycles. The van der Waals surface area contributed by atoms with E-state index in [0.717, 1.165) is 0 Å². The Balaban J connectivity index is 1.99. The fourth-order valence-corrected chi connectivity index (χ4v) is 1.79. The van der Waals surface area contributed by atoms with Crippen molar-refractivity contribution < 1.29 is 14.7 Å². The van der Waals surface area contributed by atoms with Crippen LogP contribution in [0.1, 0.15) is 13.3 Å². The monoisotopic (exact) mass is 198 g/mol. The van der Waals surface area contributed by atoms with Crippen LogP contribution in [0.2, 0.25) is 0 Å². The molecule has 2 rings (SSSR count). The number of hydrogen-bond acceptors (Lipinski definition) is 4. The molecule has 78 valence electrons. The number of imide groups is 1. The summed E-state index contributed by atoms with van der Waals surface area (Å²) in [6.07, 6.45) is 0.00507. The minimum Gasteiger partial charge on any atom is -0.392 e. The Morgan fingerprint density at radius 1 is 1.50 bits per heavy atom. The van der Waals surface area contributed by atoms with Gasteiger partial charge in [-0.15, -0.1) is 0 Å². The van der Waals surface area contributed by atoms with Crippen molar-refractivity contribution in [2.75, 3.05) is 6.54 Å². The predicted octanol–water partition coefficient (Wildman–Crippen LogP) is -1.30. The SMILES string of the molecule is CC(O)C(N)CN1C(=O)C2CC2C1=O. The summed E-state index contributed by atoms with van der Waals surface area (Å²) in [4.78, 5) is 24.2. The summed E-state index contributed by atoms with van der Waals surface area (Å²) in [6, 6.07) is -0.541. The normalized spacial score (nSPS) is 34.4. The van der Waals surface area contributed by atoms with E-state index in [4.69, 9.17) is 10.8 Å². The smallest absolute Gasteiger partial charge is 0.233 e. The largest absolute Gasteiger partial charge is 0.392 e. The van der Waals surface area contributed by atoms with Gasteiger partial charge in [0.25, 0.3) is 0 Å². The zero-order chi connectivity index (χ0) is 10.5. The molecule has 0 aromatic rings. The van der Waals surface area contributed by atoms with E-state index in [9.17, 15) is 9.59 Å². The third-order valence-corrected chi connectivity index (χ3v) is 2.97. The number of carbonyl (C=O) groups excluding carboxylic acids is 2. The maximum absolute atomic E-state index is 11.5. The number of aliphatic hydroxyl groups excluding tert-OH is 1. The summed E-state index contributed by atoms with van der Waals surface area (Å²) in [6.45, 7) is 1.69. The van der Waals surface area contributed by atoms with Crippen molar-refractivity contribution in [1.82, 2.24) is 4.90 Å². The highest BCUT2D eigenvalue weighted by molar-refractivity contribution is 6.08. The van der Waals surface area contributed by atoms with Crippen LogP contribution < -0.4 is 5.73 Å². The maximum Gasteiger partial charge on any atom is 0.233 e. The third kappa shape index (κ3) is 1.33. The van der Waals surface area contributed by atoms with Gasteiger partial charge in [-0.1, -0.05) is 0 Å². The number of nitrogens with zero attached hydrogens (tertiary/aromatic N) is 1. The van der Waals surface area contributed by atoms with E-state index >= 15 is 0 Å². The molecule has 0 bridgehead atoms. The lowest BCUT2D eigenvalue weighted by Gasteiger charge is -2.22. The number of aliphatic hydroxyl groups is 1. The molecule has 2 fully saturated rings. The van der Waals surface area contributed by atoms with E-state index in [1.54, 1.807) is 6.92 Å². The Morgan fingerprint density at radius 3 is 2.43 bits per heavy atom. The highest BCUT2D eigenvalue weighted by Gasteiger charge is 2.58. The van der Waals surface area contributed by atoms with E-state index in [-0.39, 0.29) is 30.2 Å². The van der Waals surface area contributed by atoms with Crippen LogP contribution in [-0.4, -0.2) is 40.5 Å². The fourth-order valence-electron chi connectivity index (χ4n) is 1.79. The van der Waals surface area contributed by atoms with Gasteiger partial charge >= 0.3 is 0 Å². The first kappa shape index (κ1) is 9.61. The number of likely N-dealkylation sites (tertiary alicyclic amines) is 1. The van der Waals surface area contributed by atoms with Crippen LogP contribution in [-0.2, 0) is 9.59 Å². The summed E-state index contributed by atoms with van der Waals surface area (Å²) >= 11 is 0. The minimum absolute atomic E-state index is 0.0799. The van der Waals surface area contributed by atoms with Gasteiger partial charge < -0.3 is 10.8 Å². The van der Waals surface area contributed by atoms with Crippen LogP contribution in [0.5, 0.6) is 0 Å². The van der Waals surface area contributed by atoms with Crippen LogP contribution >= 0.6 is 0 Å². The van der Waals surface area contributed by atoms with E-state index in [1.165, 1.54) is 4.90 Å². The lowest BCUT2D eigenvalue weighted by atomic mass is 10.2. The second-order valence-electron chi connectivity index (χ2n) is 4.14. The van der Waals surface area contributed by atoms with Gasteiger partial charge in [0.1, 0.15) is 0 Å².